The Morgan fingerprint density at radius 3 is 2.58 bits per heavy atom. The molecule has 4 heteroatoms. The minimum Gasteiger partial charge on any atom is -0.508 e. The van der Waals surface area contributed by atoms with E-state index in [1.165, 1.54) is 10.4 Å². The van der Waals surface area contributed by atoms with E-state index >= 15 is 0 Å². The number of phenols is 1. The van der Waals surface area contributed by atoms with E-state index in [4.69, 9.17) is 0 Å². The number of hydrogen-bond acceptors (Lipinski definition) is 4. The highest BCUT2D eigenvalue weighted by molar-refractivity contribution is 7.11. The SMILES string of the molecule is CCc1cnc(CNC(CC)c2ccc(O)cc2)s1. The van der Waals surface area contributed by atoms with Crippen molar-refractivity contribution in [2.75, 3.05) is 0 Å². The van der Waals surface area contributed by atoms with Crippen LogP contribution in [-0.2, 0) is 13.0 Å². The summed E-state index contributed by atoms with van der Waals surface area (Å²) in [5, 5.41) is 14.0. The monoisotopic (exact) mass is 276 g/mol. The van der Waals surface area contributed by atoms with Gasteiger partial charge in [0.25, 0.3) is 0 Å². The summed E-state index contributed by atoms with van der Waals surface area (Å²) in [6.45, 7) is 5.10. The molecule has 0 radical (unpaired) electrons. The minimum atomic E-state index is 0.301. The van der Waals surface area contributed by atoms with Crippen molar-refractivity contribution in [3.05, 3.63) is 45.9 Å². The van der Waals surface area contributed by atoms with Gasteiger partial charge in [-0.2, -0.15) is 0 Å². The third-order valence-electron chi connectivity index (χ3n) is 3.15. The standard InChI is InChI=1S/C15H20N2OS/c1-3-13-9-17-15(19-13)10-16-14(4-2)11-5-7-12(18)8-6-11/h5-9,14,16,18H,3-4,10H2,1-2H3. The minimum absolute atomic E-state index is 0.301. The second-order valence-corrected chi connectivity index (χ2v) is 5.71. The fourth-order valence-electron chi connectivity index (χ4n) is 2.01. The van der Waals surface area contributed by atoms with Gasteiger partial charge in [-0.05, 0) is 30.5 Å². The van der Waals surface area contributed by atoms with E-state index in [2.05, 4.69) is 24.1 Å². The van der Waals surface area contributed by atoms with Gasteiger partial charge in [0.1, 0.15) is 10.8 Å². The van der Waals surface area contributed by atoms with E-state index in [-0.39, 0.29) is 0 Å². The normalized spacial score (nSPS) is 12.5. The molecule has 1 atom stereocenters. The molecule has 2 rings (SSSR count). The smallest absolute Gasteiger partial charge is 0.115 e. The topological polar surface area (TPSA) is 45.2 Å². The van der Waals surface area contributed by atoms with Gasteiger partial charge in [0.05, 0.1) is 0 Å². The second kappa shape index (κ2) is 6.68. The Balaban J connectivity index is 1.97. The Morgan fingerprint density at radius 2 is 2.00 bits per heavy atom. The Bertz CT molecular complexity index is 507. The van der Waals surface area contributed by atoms with Gasteiger partial charge in [-0.1, -0.05) is 26.0 Å². The maximum absolute atomic E-state index is 9.32. The molecule has 0 spiro atoms. The number of thiazole rings is 1. The number of nitrogens with one attached hydrogen (secondary N) is 1. The van der Waals surface area contributed by atoms with Crippen LogP contribution in [0.3, 0.4) is 0 Å². The first-order valence-corrected chi connectivity index (χ1v) is 7.50. The number of rotatable bonds is 6. The molecule has 19 heavy (non-hydrogen) atoms. The summed E-state index contributed by atoms with van der Waals surface area (Å²) in [7, 11) is 0. The van der Waals surface area contributed by atoms with Gasteiger partial charge in [-0.3, -0.25) is 0 Å². The molecule has 0 fully saturated rings. The average Bonchev–Trinajstić information content (AvgIpc) is 2.89. The van der Waals surface area contributed by atoms with E-state index < -0.39 is 0 Å². The van der Waals surface area contributed by atoms with Gasteiger partial charge in [0.2, 0.25) is 0 Å². The summed E-state index contributed by atoms with van der Waals surface area (Å²) in [5.41, 5.74) is 1.20. The Morgan fingerprint density at radius 1 is 1.26 bits per heavy atom. The van der Waals surface area contributed by atoms with Crippen LogP contribution in [0.2, 0.25) is 0 Å². The quantitative estimate of drug-likeness (QED) is 0.846. The van der Waals surface area contributed by atoms with Crippen molar-refractivity contribution >= 4 is 11.3 Å². The van der Waals surface area contributed by atoms with E-state index in [9.17, 15) is 5.11 Å². The van der Waals surface area contributed by atoms with Crippen LogP contribution in [0.1, 0.15) is 41.8 Å². The maximum Gasteiger partial charge on any atom is 0.115 e. The summed E-state index contributed by atoms with van der Waals surface area (Å²) < 4.78 is 0. The van der Waals surface area contributed by atoms with Crippen LogP contribution in [0.25, 0.3) is 0 Å². The number of aromatic hydroxyl groups is 1. The van der Waals surface area contributed by atoms with Crippen LogP contribution < -0.4 is 5.32 Å². The highest BCUT2D eigenvalue weighted by Gasteiger charge is 2.09. The Hall–Kier alpha value is -1.39. The highest BCUT2D eigenvalue weighted by atomic mass is 32.1. The van der Waals surface area contributed by atoms with Crippen molar-refractivity contribution in [1.82, 2.24) is 10.3 Å². The lowest BCUT2D eigenvalue weighted by Gasteiger charge is -2.16. The molecule has 2 N–H and O–H groups in total. The Labute approximate surface area is 118 Å². The fraction of sp³-hybridized carbons (Fsp3) is 0.400. The summed E-state index contributed by atoms with van der Waals surface area (Å²) in [4.78, 5) is 5.75. The lowest BCUT2D eigenvalue weighted by Crippen LogP contribution is -2.20. The van der Waals surface area contributed by atoms with Crippen LogP contribution >= 0.6 is 11.3 Å². The van der Waals surface area contributed by atoms with Crippen molar-refractivity contribution < 1.29 is 5.11 Å². The first kappa shape index (κ1) is 14.0. The zero-order chi connectivity index (χ0) is 13.7. The second-order valence-electron chi connectivity index (χ2n) is 4.51. The lowest BCUT2D eigenvalue weighted by atomic mass is 10.0. The maximum atomic E-state index is 9.32. The summed E-state index contributed by atoms with van der Waals surface area (Å²) in [6.07, 6.45) is 4.02. The highest BCUT2D eigenvalue weighted by Crippen LogP contribution is 2.21. The van der Waals surface area contributed by atoms with Gasteiger partial charge in [-0.15, -0.1) is 11.3 Å². The number of aryl methyl sites for hydroxylation is 1. The number of nitrogens with zero attached hydrogens (tertiary/aromatic N) is 1. The molecule has 3 nitrogen and oxygen atoms in total. The van der Waals surface area contributed by atoms with Crippen LogP contribution in [0.15, 0.2) is 30.5 Å². The molecule has 1 aromatic heterocycles. The molecule has 1 aromatic carbocycles. The summed E-state index contributed by atoms with van der Waals surface area (Å²) in [6, 6.07) is 7.71. The van der Waals surface area contributed by atoms with Crippen LogP contribution in [0.5, 0.6) is 5.75 Å². The van der Waals surface area contributed by atoms with Gasteiger partial charge in [-0.25, -0.2) is 4.98 Å². The van der Waals surface area contributed by atoms with Crippen LogP contribution in [0.4, 0.5) is 0 Å². The van der Waals surface area contributed by atoms with Gasteiger partial charge in [0.15, 0.2) is 0 Å². The number of phenolic OH excluding ortho intramolecular Hbond substituents is 1. The van der Waals surface area contributed by atoms with Gasteiger partial charge >= 0.3 is 0 Å². The predicted octanol–water partition coefficient (Wildman–Crippen LogP) is 3.65. The molecule has 0 saturated carbocycles. The molecular formula is C15H20N2OS. The van der Waals surface area contributed by atoms with E-state index in [0.29, 0.717) is 11.8 Å². The third-order valence-corrected chi connectivity index (χ3v) is 4.29. The van der Waals surface area contributed by atoms with Crippen LogP contribution in [-0.4, -0.2) is 10.1 Å². The molecule has 0 bridgehead atoms. The fourth-order valence-corrected chi connectivity index (χ4v) is 2.82. The summed E-state index contributed by atoms with van der Waals surface area (Å²) in [5.74, 6) is 0.311. The number of benzene rings is 1. The molecule has 0 aliphatic heterocycles. The van der Waals surface area contributed by atoms with Crippen LogP contribution in [0, 0.1) is 0 Å². The predicted molar refractivity (Wildman–Crippen MR) is 79.5 cm³/mol. The van der Waals surface area contributed by atoms with E-state index in [1.807, 2.05) is 18.3 Å². The van der Waals surface area contributed by atoms with Crippen molar-refractivity contribution in [1.29, 1.82) is 0 Å². The largest absolute Gasteiger partial charge is 0.508 e. The Kier molecular flexibility index (Phi) is 4.93. The third kappa shape index (κ3) is 3.78. The zero-order valence-electron chi connectivity index (χ0n) is 11.4. The van der Waals surface area contributed by atoms with Crippen molar-refractivity contribution in [2.24, 2.45) is 0 Å². The van der Waals surface area contributed by atoms with E-state index in [1.54, 1.807) is 23.5 Å². The number of aromatic nitrogens is 1. The molecule has 0 amide bonds. The molecule has 0 saturated heterocycles. The average molecular weight is 276 g/mol. The zero-order valence-corrected chi connectivity index (χ0v) is 12.2. The van der Waals surface area contributed by atoms with Crippen molar-refractivity contribution in [2.45, 2.75) is 39.3 Å². The van der Waals surface area contributed by atoms with Crippen molar-refractivity contribution in [3.63, 3.8) is 0 Å². The number of hydrogen-bond donors (Lipinski definition) is 2. The summed E-state index contributed by atoms with van der Waals surface area (Å²) >= 11 is 1.77. The first-order chi connectivity index (χ1) is 9.22. The van der Waals surface area contributed by atoms with Crippen molar-refractivity contribution in [3.8, 4) is 5.75 Å². The first-order valence-electron chi connectivity index (χ1n) is 6.68. The van der Waals surface area contributed by atoms with E-state index in [0.717, 1.165) is 24.4 Å². The molecule has 1 heterocycles. The molecule has 1 unspecified atom stereocenters. The molecule has 2 aromatic rings. The van der Waals surface area contributed by atoms with Gasteiger partial charge < -0.3 is 10.4 Å². The molecular weight excluding hydrogens is 256 g/mol. The molecule has 0 aliphatic carbocycles. The molecule has 102 valence electrons. The lowest BCUT2D eigenvalue weighted by molar-refractivity contribution is 0.473. The van der Waals surface area contributed by atoms with Gasteiger partial charge in [0, 0.05) is 23.7 Å². The molecule has 0 aliphatic rings.